The molecule has 2 rings (SSSR count). The second-order valence-electron chi connectivity index (χ2n) is 3.81. The maximum atomic E-state index is 9.23. The molecule has 0 aromatic carbocycles. The van der Waals surface area contributed by atoms with Crippen molar-refractivity contribution >= 4 is 0 Å². The number of aliphatic hydroxyl groups excluding tert-OH is 1. The van der Waals surface area contributed by atoms with Crippen LogP contribution < -0.4 is 0 Å². The van der Waals surface area contributed by atoms with Crippen LogP contribution >= 0.6 is 0 Å². The molecule has 14 heavy (non-hydrogen) atoms. The summed E-state index contributed by atoms with van der Waals surface area (Å²) in [5.41, 5.74) is 0. The molecule has 2 atom stereocenters. The van der Waals surface area contributed by atoms with Crippen LogP contribution in [-0.2, 0) is 6.54 Å². The highest BCUT2D eigenvalue weighted by Gasteiger charge is 2.30. The van der Waals surface area contributed by atoms with E-state index in [0.29, 0.717) is 18.3 Å². The molecule has 6 heteroatoms. The van der Waals surface area contributed by atoms with Crippen molar-refractivity contribution in [3.63, 3.8) is 0 Å². The van der Waals surface area contributed by atoms with Gasteiger partial charge in [-0.2, -0.15) is 5.21 Å². The summed E-state index contributed by atoms with van der Waals surface area (Å²) in [5.74, 6) is 1.24. The standard InChI is InChI=1S/C8H15N5O/c1-6-2-3-13(7(6)5-14)4-8-9-11-12-10-8/h6-7,14H,2-5H2,1H3,(H,9,10,11,12). The van der Waals surface area contributed by atoms with Gasteiger partial charge in [0.2, 0.25) is 0 Å². The summed E-state index contributed by atoms with van der Waals surface area (Å²) < 4.78 is 0. The minimum atomic E-state index is 0.207. The lowest BCUT2D eigenvalue weighted by atomic mass is 10.0. The molecule has 1 aromatic heterocycles. The third kappa shape index (κ3) is 1.76. The molecular weight excluding hydrogens is 182 g/mol. The summed E-state index contributed by atoms with van der Waals surface area (Å²) in [7, 11) is 0. The van der Waals surface area contributed by atoms with Crippen LogP contribution in [0.25, 0.3) is 0 Å². The van der Waals surface area contributed by atoms with Crippen LogP contribution in [0, 0.1) is 5.92 Å². The number of aliphatic hydroxyl groups is 1. The maximum Gasteiger partial charge on any atom is 0.188 e. The van der Waals surface area contributed by atoms with Gasteiger partial charge >= 0.3 is 0 Å². The highest BCUT2D eigenvalue weighted by molar-refractivity contribution is 4.87. The lowest BCUT2D eigenvalue weighted by Gasteiger charge is -2.23. The molecule has 2 N–H and O–H groups in total. The van der Waals surface area contributed by atoms with Gasteiger partial charge in [0.25, 0.3) is 0 Å². The van der Waals surface area contributed by atoms with Crippen molar-refractivity contribution in [1.82, 2.24) is 25.5 Å². The SMILES string of the molecule is CC1CCN(Cc2nn[nH]n2)C1CO. The second-order valence-corrected chi connectivity index (χ2v) is 3.81. The highest BCUT2D eigenvalue weighted by Crippen LogP contribution is 2.24. The van der Waals surface area contributed by atoms with Crippen LogP contribution in [0.4, 0.5) is 0 Å². The fraction of sp³-hybridized carbons (Fsp3) is 0.875. The topological polar surface area (TPSA) is 77.9 Å². The fourth-order valence-corrected chi connectivity index (χ4v) is 2.01. The van der Waals surface area contributed by atoms with E-state index >= 15 is 0 Å². The van der Waals surface area contributed by atoms with Crippen molar-refractivity contribution in [2.75, 3.05) is 13.2 Å². The molecule has 1 aliphatic rings. The maximum absolute atomic E-state index is 9.23. The Kier molecular flexibility index (Phi) is 2.74. The normalized spacial score (nSPS) is 28.4. The number of aromatic amines is 1. The third-order valence-electron chi connectivity index (χ3n) is 2.92. The predicted molar refractivity (Wildman–Crippen MR) is 49.2 cm³/mol. The summed E-state index contributed by atoms with van der Waals surface area (Å²) in [4.78, 5) is 2.20. The Morgan fingerprint density at radius 1 is 1.64 bits per heavy atom. The van der Waals surface area contributed by atoms with Gasteiger partial charge in [-0.05, 0) is 18.9 Å². The van der Waals surface area contributed by atoms with Crippen LogP contribution in [0.2, 0.25) is 0 Å². The molecule has 78 valence electrons. The van der Waals surface area contributed by atoms with E-state index in [9.17, 15) is 5.11 Å². The molecule has 2 heterocycles. The van der Waals surface area contributed by atoms with E-state index in [2.05, 4.69) is 32.4 Å². The van der Waals surface area contributed by atoms with Gasteiger partial charge in [-0.3, -0.25) is 4.90 Å². The monoisotopic (exact) mass is 197 g/mol. The second kappa shape index (κ2) is 4.02. The molecule has 1 saturated heterocycles. The molecule has 0 bridgehead atoms. The van der Waals surface area contributed by atoms with Crippen LogP contribution in [0.15, 0.2) is 0 Å². The van der Waals surface area contributed by atoms with E-state index < -0.39 is 0 Å². The zero-order valence-electron chi connectivity index (χ0n) is 8.22. The molecule has 1 aromatic rings. The number of rotatable bonds is 3. The van der Waals surface area contributed by atoms with Gasteiger partial charge in [0.1, 0.15) is 0 Å². The Morgan fingerprint density at radius 2 is 2.50 bits per heavy atom. The Hall–Kier alpha value is -1.01. The molecule has 0 amide bonds. The van der Waals surface area contributed by atoms with Crippen molar-refractivity contribution in [2.45, 2.75) is 25.9 Å². The Labute approximate surface area is 82.3 Å². The number of likely N-dealkylation sites (tertiary alicyclic amines) is 1. The summed E-state index contributed by atoms with van der Waals surface area (Å²) >= 11 is 0. The summed E-state index contributed by atoms with van der Waals surface area (Å²) in [6.07, 6.45) is 1.13. The average molecular weight is 197 g/mol. The van der Waals surface area contributed by atoms with Crippen LogP contribution in [0.3, 0.4) is 0 Å². The quantitative estimate of drug-likeness (QED) is 0.676. The molecular formula is C8H15N5O. The number of hydrogen-bond donors (Lipinski definition) is 2. The lowest BCUT2D eigenvalue weighted by Crippen LogP contribution is -2.34. The van der Waals surface area contributed by atoms with Crippen molar-refractivity contribution in [1.29, 1.82) is 0 Å². The van der Waals surface area contributed by atoms with E-state index in [0.717, 1.165) is 13.0 Å². The zero-order valence-corrected chi connectivity index (χ0v) is 8.22. The first kappa shape index (κ1) is 9.54. The largest absolute Gasteiger partial charge is 0.395 e. The van der Waals surface area contributed by atoms with Crippen molar-refractivity contribution < 1.29 is 5.11 Å². The van der Waals surface area contributed by atoms with E-state index in [1.165, 1.54) is 0 Å². The van der Waals surface area contributed by atoms with E-state index in [1.54, 1.807) is 0 Å². The van der Waals surface area contributed by atoms with Crippen molar-refractivity contribution in [2.24, 2.45) is 5.92 Å². The van der Waals surface area contributed by atoms with Crippen LogP contribution in [0.1, 0.15) is 19.2 Å². The molecule has 6 nitrogen and oxygen atoms in total. The molecule has 2 unspecified atom stereocenters. The summed E-state index contributed by atoms with van der Waals surface area (Å²) in [5, 5.41) is 23.0. The first-order valence-corrected chi connectivity index (χ1v) is 4.88. The van der Waals surface area contributed by atoms with E-state index in [1.807, 2.05) is 0 Å². The molecule has 0 spiro atoms. The van der Waals surface area contributed by atoms with Gasteiger partial charge in [0.05, 0.1) is 13.2 Å². The lowest BCUT2D eigenvalue weighted by molar-refractivity contribution is 0.132. The predicted octanol–water partition coefficient (Wildman–Crippen LogP) is -0.598. The fourth-order valence-electron chi connectivity index (χ4n) is 2.01. The first-order valence-electron chi connectivity index (χ1n) is 4.88. The number of tetrazole rings is 1. The highest BCUT2D eigenvalue weighted by atomic mass is 16.3. The first-order chi connectivity index (χ1) is 6.81. The van der Waals surface area contributed by atoms with Crippen molar-refractivity contribution in [3.05, 3.63) is 5.82 Å². The number of H-pyrrole nitrogens is 1. The molecule has 1 aliphatic heterocycles. The summed E-state index contributed by atoms with van der Waals surface area (Å²) in [6.45, 7) is 4.04. The minimum absolute atomic E-state index is 0.207. The number of nitrogens with zero attached hydrogens (tertiary/aromatic N) is 4. The Bertz CT molecular complexity index is 275. The van der Waals surface area contributed by atoms with Gasteiger partial charge in [0, 0.05) is 6.04 Å². The van der Waals surface area contributed by atoms with E-state index in [-0.39, 0.29) is 12.6 Å². The van der Waals surface area contributed by atoms with Gasteiger partial charge in [-0.1, -0.05) is 12.1 Å². The van der Waals surface area contributed by atoms with Crippen molar-refractivity contribution in [3.8, 4) is 0 Å². The molecule has 0 radical (unpaired) electrons. The number of hydrogen-bond acceptors (Lipinski definition) is 5. The van der Waals surface area contributed by atoms with Crippen LogP contribution in [0.5, 0.6) is 0 Å². The molecule has 1 fully saturated rings. The third-order valence-corrected chi connectivity index (χ3v) is 2.92. The Morgan fingerprint density at radius 3 is 3.14 bits per heavy atom. The average Bonchev–Trinajstić information content (AvgIpc) is 2.77. The molecule has 0 aliphatic carbocycles. The van der Waals surface area contributed by atoms with Crippen LogP contribution in [-0.4, -0.2) is 49.8 Å². The smallest absolute Gasteiger partial charge is 0.188 e. The number of aromatic nitrogens is 4. The Balaban J connectivity index is 1.98. The van der Waals surface area contributed by atoms with E-state index in [4.69, 9.17) is 0 Å². The minimum Gasteiger partial charge on any atom is -0.395 e. The van der Waals surface area contributed by atoms with Gasteiger partial charge in [-0.15, -0.1) is 10.2 Å². The van der Waals surface area contributed by atoms with Gasteiger partial charge < -0.3 is 5.11 Å². The zero-order chi connectivity index (χ0) is 9.97. The summed E-state index contributed by atoms with van der Waals surface area (Å²) in [6, 6.07) is 0.244. The number of nitrogens with one attached hydrogen (secondary N) is 1. The van der Waals surface area contributed by atoms with Gasteiger partial charge in [0.15, 0.2) is 5.82 Å². The molecule has 0 saturated carbocycles. The van der Waals surface area contributed by atoms with Gasteiger partial charge in [-0.25, -0.2) is 0 Å².